The Hall–Kier alpha value is -2.29. The zero-order valence-corrected chi connectivity index (χ0v) is 27.8. The molecule has 2 aromatic heterocycles. The van der Waals surface area contributed by atoms with Crippen LogP contribution in [-0.4, -0.2) is 81.7 Å². The monoisotopic (exact) mass is 622 g/mol. The summed E-state index contributed by atoms with van der Waals surface area (Å²) in [7, 11) is -5.48. The van der Waals surface area contributed by atoms with Crippen LogP contribution in [0.1, 0.15) is 53.2 Å². The van der Waals surface area contributed by atoms with Crippen LogP contribution < -0.4 is 4.43 Å². The molecule has 1 aliphatic heterocycles. The van der Waals surface area contributed by atoms with E-state index in [0.29, 0.717) is 19.8 Å². The van der Waals surface area contributed by atoms with E-state index in [4.69, 9.17) is 23.7 Å². The van der Waals surface area contributed by atoms with E-state index in [2.05, 4.69) is 61.3 Å². The van der Waals surface area contributed by atoms with Gasteiger partial charge in [-0.15, -0.1) is 0 Å². The minimum absolute atomic E-state index is 0.0134. The molecule has 2 unspecified atom stereocenters. The van der Waals surface area contributed by atoms with Gasteiger partial charge in [0, 0.05) is 23.8 Å². The van der Waals surface area contributed by atoms with Crippen molar-refractivity contribution in [2.75, 3.05) is 39.3 Å². The van der Waals surface area contributed by atoms with Crippen LogP contribution in [0.15, 0.2) is 30.6 Å². The van der Waals surface area contributed by atoms with E-state index in [9.17, 15) is 8.42 Å². The molecule has 4 rings (SSSR count). The summed E-state index contributed by atoms with van der Waals surface area (Å²) >= 11 is 0. The maximum Gasteiger partial charge on any atom is 0.264 e. The van der Waals surface area contributed by atoms with Crippen LogP contribution in [0.3, 0.4) is 0 Å². The molecule has 3 heterocycles. The molecule has 0 N–H and O–H groups in total. The Morgan fingerprint density at radius 1 is 1.17 bits per heavy atom. The van der Waals surface area contributed by atoms with E-state index in [0.717, 1.165) is 60.0 Å². The Morgan fingerprint density at radius 3 is 2.64 bits per heavy atom. The maximum atomic E-state index is 11.0. The Balaban J connectivity index is 1.45. The number of benzene rings is 1. The first-order valence-electron chi connectivity index (χ1n) is 14.6. The number of fused-ring (bicyclic) bond motifs is 1. The number of nitrogens with zero attached hydrogens (tertiary/aromatic N) is 4. The van der Waals surface area contributed by atoms with Crippen molar-refractivity contribution in [2.45, 2.75) is 84.0 Å². The number of aromatic nitrogens is 4. The van der Waals surface area contributed by atoms with Crippen molar-refractivity contribution in [3.63, 3.8) is 0 Å². The zero-order chi connectivity index (χ0) is 30.5. The molecule has 3 aromatic rings. The Bertz CT molecular complexity index is 1430. The van der Waals surface area contributed by atoms with Crippen LogP contribution >= 0.6 is 0 Å². The second-order valence-corrected chi connectivity index (χ2v) is 18.8. The quantitative estimate of drug-likeness (QED) is 0.133. The van der Waals surface area contributed by atoms with Crippen LogP contribution in [0.5, 0.6) is 5.75 Å². The second kappa shape index (κ2) is 13.6. The zero-order valence-electron chi connectivity index (χ0n) is 26.0. The third-order valence-corrected chi connectivity index (χ3v) is 12.7. The summed E-state index contributed by atoms with van der Waals surface area (Å²) in [5, 5.41) is 10.7. The minimum Gasteiger partial charge on any atom is -0.543 e. The predicted octanol–water partition coefficient (Wildman–Crippen LogP) is 5.38. The average Bonchev–Trinajstić information content (AvgIpc) is 3.53. The van der Waals surface area contributed by atoms with Gasteiger partial charge in [-0.1, -0.05) is 20.8 Å². The average molecular weight is 623 g/mol. The molecule has 1 saturated heterocycles. The molecule has 0 spiro atoms. The van der Waals surface area contributed by atoms with E-state index in [1.165, 1.54) is 0 Å². The molecule has 13 heteroatoms. The third-order valence-electron chi connectivity index (χ3n) is 7.79. The standard InChI is InChI=1S/C29H46N4O7SSi/c1-22(37-16-17-39-41(5,34)35)21-36-15-13-32-20-23(19-30-32)28-25-18-24(40-42(6,7)29(2,3)4)11-12-26(25)33(31-28)27-10-8-9-14-38-27/h11-12,18-20,22,27H,8-10,13-17,21H2,1-7H3. The SMILES string of the molecule is CC(COCCn1cc(-c2nn(C3CCCCO3)c3ccc(O[Si](C)(C)C(C)(C)C)cc23)cn1)OCCOS(C)(=O)=O. The van der Waals surface area contributed by atoms with Gasteiger partial charge < -0.3 is 18.6 Å². The molecule has 1 aliphatic rings. The van der Waals surface area contributed by atoms with Gasteiger partial charge in [0.15, 0.2) is 6.23 Å². The third kappa shape index (κ3) is 8.63. The molecule has 2 atom stereocenters. The molecule has 0 bridgehead atoms. The summed E-state index contributed by atoms with van der Waals surface area (Å²) in [5.74, 6) is 0.861. The highest BCUT2D eigenvalue weighted by Gasteiger charge is 2.39. The van der Waals surface area contributed by atoms with Crippen LogP contribution in [0.25, 0.3) is 22.2 Å². The molecule has 42 heavy (non-hydrogen) atoms. The van der Waals surface area contributed by atoms with Crippen LogP contribution in [0.2, 0.25) is 18.1 Å². The lowest BCUT2D eigenvalue weighted by Crippen LogP contribution is -2.43. The van der Waals surface area contributed by atoms with Crippen molar-refractivity contribution in [1.82, 2.24) is 19.6 Å². The minimum atomic E-state index is -3.46. The van der Waals surface area contributed by atoms with Crippen molar-refractivity contribution in [3.8, 4) is 17.0 Å². The molecular weight excluding hydrogens is 576 g/mol. The fourth-order valence-corrected chi connectivity index (χ4v) is 5.87. The van der Waals surface area contributed by atoms with Crippen molar-refractivity contribution < 1.29 is 31.2 Å². The topological polar surface area (TPSA) is 116 Å². The fraction of sp³-hybridized carbons (Fsp3) is 0.655. The molecular formula is C29H46N4O7SSi. The van der Waals surface area contributed by atoms with E-state index in [1.54, 1.807) is 0 Å². The van der Waals surface area contributed by atoms with Crippen LogP contribution in [0.4, 0.5) is 0 Å². The summed E-state index contributed by atoms with van der Waals surface area (Å²) in [6.45, 7) is 15.4. The van der Waals surface area contributed by atoms with Gasteiger partial charge in [-0.2, -0.15) is 18.6 Å². The van der Waals surface area contributed by atoms with Gasteiger partial charge in [0.1, 0.15) is 11.4 Å². The van der Waals surface area contributed by atoms with E-state index in [1.807, 2.05) is 28.7 Å². The number of rotatable bonds is 14. The molecule has 234 valence electrons. The summed E-state index contributed by atoms with van der Waals surface area (Å²) in [5.41, 5.74) is 2.79. The van der Waals surface area contributed by atoms with Gasteiger partial charge in [0.05, 0.1) is 57.0 Å². The van der Waals surface area contributed by atoms with Gasteiger partial charge in [0.25, 0.3) is 10.1 Å². The molecule has 11 nitrogen and oxygen atoms in total. The number of hydrogen-bond donors (Lipinski definition) is 0. The molecule has 0 amide bonds. The second-order valence-electron chi connectivity index (χ2n) is 12.4. The highest BCUT2D eigenvalue weighted by Crippen LogP contribution is 2.39. The smallest absolute Gasteiger partial charge is 0.264 e. The van der Waals surface area contributed by atoms with E-state index in [-0.39, 0.29) is 30.6 Å². The van der Waals surface area contributed by atoms with Gasteiger partial charge in [0.2, 0.25) is 8.32 Å². The highest BCUT2D eigenvalue weighted by atomic mass is 32.2. The summed E-state index contributed by atoms with van der Waals surface area (Å²) < 4.78 is 54.6. The van der Waals surface area contributed by atoms with Crippen molar-refractivity contribution >= 4 is 29.3 Å². The van der Waals surface area contributed by atoms with Gasteiger partial charge in [-0.25, -0.2) is 4.68 Å². The van der Waals surface area contributed by atoms with Crippen molar-refractivity contribution in [2.24, 2.45) is 0 Å². The lowest BCUT2D eigenvalue weighted by atomic mass is 10.1. The maximum absolute atomic E-state index is 11.0. The van der Waals surface area contributed by atoms with Gasteiger partial charge in [-0.05, 0) is 62.5 Å². The van der Waals surface area contributed by atoms with Crippen LogP contribution in [0, 0.1) is 0 Å². The summed E-state index contributed by atoms with van der Waals surface area (Å²) in [6.07, 6.45) is 7.68. The number of hydrogen-bond acceptors (Lipinski definition) is 9. The molecule has 1 aromatic carbocycles. The first-order valence-corrected chi connectivity index (χ1v) is 19.4. The van der Waals surface area contributed by atoms with E-state index >= 15 is 0 Å². The Morgan fingerprint density at radius 2 is 1.95 bits per heavy atom. The predicted molar refractivity (Wildman–Crippen MR) is 165 cm³/mol. The lowest BCUT2D eigenvalue weighted by Gasteiger charge is -2.36. The molecule has 1 fully saturated rings. The Kier molecular flexibility index (Phi) is 10.5. The highest BCUT2D eigenvalue weighted by molar-refractivity contribution is 7.85. The van der Waals surface area contributed by atoms with Gasteiger partial charge >= 0.3 is 0 Å². The van der Waals surface area contributed by atoms with Gasteiger partial charge in [-0.3, -0.25) is 8.86 Å². The summed E-state index contributed by atoms with van der Waals surface area (Å²) in [4.78, 5) is 0. The summed E-state index contributed by atoms with van der Waals surface area (Å²) in [6, 6.07) is 6.26. The molecule has 0 radical (unpaired) electrons. The molecule has 0 saturated carbocycles. The van der Waals surface area contributed by atoms with E-state index < -0.39 is 18.4 Å². The largest absolute Gasteiger partial charge is 0.543 e. The first-order chi connectivity index (χ1) is 19.7. The van der Waals surface area contributed by atoms with Crippen LogP contribution in [-0.2, 0) is 35.1 Å². The normalized spacial score (nSPS) is 17.5. The van der Waals surface area contributed by atoms with Crippen molar-refractivity contribution in [3.05, 3.63) is 30.6 Å². The fourth-order valence-electron chi connectivity index (χ4n) is 4.48. The lowest BCUT2D eigenvalue weighted by molar-refractivity contribution is -0.0365. The molecule has 0 aliphatic carbocycles. The Labute approximate surface area is 250 Å². The number of ether oxygens (including phenoxy) is 3. The first kappa shape index (κ1) is 32.6. The van der Waals surface area contributed by atoms with Crippen molar-refractivity contribution in [1.29, 1.82) is 0 Å².